The van der Waals surface area contributed by atoms with Gasteiger partial charge < -0.3 is 4.90 Å². The van der Waals surface area contributed by atoms with Gasteiger partial charge in [0.25, 0.3) is 0 Å². The quantitative estimate of drug-likeness (QED) is 0.631. The summed E-state index contributed by atoms with van der Waals surface area (Å²) in [6.45, 7) is 9.72. The lowest BCUT2D eigenvalue weighted by Crippen LogP contribution is -2.35. The topological polar surface area (TPSA) is 29.0 Å². The molecule has 1 aliphatic rings. The molecule has 1 aromatic heterocycles. The van der Waals surface area contributed by atoms with Gasteiger partial charge in [-0.05, 0) is 43.9 Å². The Bertz CT molecular complexity index is 949. The molecule has 1 aliphatic heterocycles. The van der Waals surface area contributed by atoms with Crippen LogP contribution >= 0.6 is 0 Å². The second kappa shape index (κ2) is 7.15. The fraction of sp³-hybridized carbons (Fsp3) is 0.333. The number of fused-ring (bicyclic) bond motifs is 1. The lowest BCUT2D eigenvalue weighted by molar-refractivity contribution is 0.609. The second-order valence-corrected chi connectivity index (χ2v) is 7.57. The molecule has 0 spiro atoms. The van der Waals surface area contributed by atoms with Crippen LogP contribution in [0.3, 0.4) is 0 Å². The second-order valence-electron chi connectivity index (χ2n) is 7.57. The van der Waals surface area contributed by atoms with Crippen molar-refractivity contribution in [3.63, 3.8) is 0 Å². The molecule has 0 radical (unpaired) electrons. The Hall–Kier alpha value is -2.68. The maximum Gasteiger partial charge on any atom is 0.138 e. The van der Waals surface area contributed by atoms with Gasteiger partial charge in [-0.3, -0.25) is 0 Å². The Kier molecular flexibility index (Phi) is 4.69. The van der Waals surface area contributed by atoms with Gasteiger partial charge in [0.2, 0.25) is 0 Å². The minimum atomic E-state index is 0.177. The molecule has 0 amide bonds. The smallest absolute Gasteiger partial charge is 0.138 e. The van der Waals surface area contributed by atoms with Crippen molar-refractivity contribution < 1.29 is 0 Å². The summed E-state index contributed by atoms with van der Waals surface area (Å²) in [5.74, 6) is 2.17. The Morgan fingerprint density at radius 1 is 0.963 bits per heavy atom. The van der Waals surface area contributed by atoms with Crippen LogP contribution < -0.4 is 4.90 Å². The fourth-order valence-corrected chi connectivity index (χ4v) is 4.06. The van der Waals surface area contributed by atoms with Gasteiger partial charge in [0, 0.05) is 23.7 Å². The number of nitrogens with zero attached hydrogens (tertiary/aromatic N) is 3. The third kappa shape index (κ3) is 3.23. The highest BCUT2D eigenvalue weighted by atomic mass is 15.2. The molecule has 0 fully saturated rings. The summed E-state index contributed by atoms with van der Waals surface area (Å²) < 4.78 is 0. The summed E-state index contributed by atoms with van der Waals surface area (Å²) in [4.78, 5) is 12.4. The van der Waals surface area contributed by atoms with Crippen LogP contribution in [0, 0.1) is 13.8 Å². The van der Waals surface area contributed by atoms with Crippen LogP contribution in [0.1, 0.15) is 59.6 Å². The molecule has 138 valence electrons. The van der Waals surface area contributed by atoms with Crippen LogP contribution in [0.25, 0.3) is 0 Å². The number of hydrogen-bond acceptors (Lipinski definition) is 3. The molecule has 0 aliphatic carbocycles. The molecule has 2 atom stereocenters. The van der Waals surface area contributed by atoms with Gasteiger partial charge in [-0.15, -0.1) is 0 Å². The minimum absolute atomic E-state index is 0.177. The van der Waals surface area contributed by atoms with E-state index in [0.717, 1.165) is 30.3 Å². The molecule has 2 aromatic carbocycles. The van der Waals surface area contributed by atoms with E-state index in [1.165, 1.54) is 22.3 Å². The molecule has 3 aromatic rings. The number of rotatable bonds is 3. The van der Waals surface area contributed by atoms with Crippen molar-refractivity contribution in [1.29, 1.82) is 0 Å². The van der Waals surface area contributed by atoms with Crippen LogP contribution in [0.2, 0.25) is 0 Å². The van der Waals surface area contributed by atoms with Crippen molar-refractivity contribution in [3.05, 3.63) is 88.4 Å². The molecule has 2 heterocycles. The lowest BCUT2D eigenvalue weighted by Gasteiger charge is -2.37. The molecule has 27 heavy (non-hydrogen) atoms. The van der Waals surface area contributed by atoms with Gasteiger partial charge >= 0.3 is 0 Å². The molecule has 0 saturated carbocycles. The monoisotopic (exact) mass is 357 g/mol. The first kappa shape index (κ1) is 17.7. The van der Waals surface area contributed by atoms with Gasteiger partial charge in [0.15, 0.2) is 0 Å². The highest BCUT2D eigenvalue weighted by Gasteiger charge is 2.27. The van der Waals surface area contributed by atoms with Gasteiger partial charge in [0.1, 0.15) is 11.6 Å². The third-order valence-corrected chi connectivity index (χ3v) is 5.93. The molecular formula is C24H27N3. The van der Waals surface area contributed by atoms with Crippen molar-refractivity contribution in [2.24, 2.45) is 0 Å². The van der Waals surface area contributed by atoms with E-state index < -0.39 is 0 Å². The van der Waals surface area contributed by atoms with Gasteiger partial charge in [-0.1, -0.05) is 61.5 Å². The summed E-state index contributed by atoms with van der Waals surface area (Å²) in [6, 6.07) is 19.6. The number of aromatic nitrogens is 2. The Labute approximate surface area is 162 Å². The molecule has 3 nitrogen and oxygen atoms in total. The Balaban J connectivity index is 1.74. The van der Waals surface area contributed by atoms with Gasteiger partial charge in [0.05, 0.1) is 6.04 Å². The predicted octanol–water partition coefficient (Wildman–Crippen LogP) is 5.37. The molecule has 4 rings (SSSR count). The van der Waals surface area contributed by atoms with Gasteiger partial charge in [-0.25, -0.2) is 9.97 Å². The first-order chi connectivity index (χ1) is 13.1. The zero-order chi connectivity index (χ0) is 19.0. The highest BCUT2D eigenvalue weighted by molar-refractivity contribution is 5.53. The molecule has 1 unspecified atom stereocenters. The van der Waals surface area contributed by atoms with Crippen molar-refractivity contribution in [3.8, 4) is 0 Å². The van der Waals surface area contributed by atoms with Crippen molar-refractivity contribution in [2.75, 3.05) is 11.4 Å². The first-order valence-electron chi connectivity index (χ1n) is 9.80. The van der Waals surface area contributed by atoms with Crippen molar-refractivity contribution in [2.45, 2.75) is 46.1 Å². The SMILES string of the molecule is Cc1nc(C(C)c2ccccc2)nc(N2CCc3ccccc3[C@H]2C)c1C. The number of anilines is 1. The summed E-state index contributed by atoms with van der Waals surface area (Å²) in [6.07, 6.45) is 1.06. The van der Waals surface area contributed by atoms with Crippen LogP contribution in [0.15, 0.2) is 54.6 Å². The largest absolute Gasteiger partial charge is 0.349 e. The highest BCUT2D eigenvalue weighted by Crippen LogP contribution is 2.35. The Morgan fingerprint density at radius 3 is 2.44 bits per heavy atom. The molecule has 0 saturated heterocycles. The number of aryl methyl sites for hydroxylation is 1. The van der Waals surface area contributed by atoms with Crippen LogP contribution in [0.4, 0.5) is 5.82 Å². The van der Waals surface area contributed by atoms with Crippen molar-refractivity contribution >= 4 is 5.82 Å². The molecule has 0 bridgehead atoms. The van der Waals surface area contributed by atoms with Crippen LogP contribution in [0.5, 0.6) is 0 Å². The zero-order valence-corrected chi connectivity index (χ0v) is 16.6. The number of hydrogen-bond donors (Lipinski definition) is 0. The minimum Gasteiger partial charge on any atom is -0.349 e. The average Bonchev–Trinajstić information content (AvgIpc) is 2.71. The molecule has 0 N–H and O–H groups in total. The average molecular weight is 358 g/mol. The van der Waals surface area contributed by atoms with Gasteiger partial charge in [-0.2, -0.15) is 0 Å². The predicted molar refractivity (Wildman–Crippen MR) is 111 cm³/mol. The lowest BCUT2D eigenvalue weighted by atomic mass is 9.93. The standard InChI is InChI=1S/C24H27N3/c1-16-18(3)25-23(17(2)20-10-6-5-7-11-20)26-24(16)27-15-14-21-12-8-9-13-22(21)19(27)4/h5-13,17,19H,14-15H2,1-4H3/t17?,19-/m1/s1. The molecular weight excluding hydrogens is 330 g/mol. The van der Waals surface area contributed by atoms with E-state index in [0.29, 0.717) is 6.04 Å². The van der Waals surface area contributed by atoms with E-state index in [1.807, 2.05) is 0 Å². The van der Waals surface area contributed by atoms with E-state index in [1.54, 1.807) is 0 Å². The van der Waals surface area contributed by atoms with Crippen molar-refractivity contribution in [1.82, 2.24) is 9.97 Å². The fourth-order valence-electron chi connectivity index (χ4n) is 4.06. The van der Waals surface area contributed by atoms with E-state index in [-0.39, 0.29) is 5.92 Å². The summed E-state index contributed by atoms with van der Waals surface area (Å²) in [5, 5.41) is 0. The number of benzene rings is 2. The summed E-state index contributed by atoms with van der Waals surface area (Å²) in [7, 11) is 0. The summed E-state index contributed by atoms with van der Waals surface area (Å²) in [5.41, 5.74) is 6.39. The first-order valence-corrected chi connectivity index (χ1v) is 9.80. The van der Waals surface area contributed by atoms with E-state index in [4.69, 9.17) is 9.97 Å². The normalized spacial score (nSPS) is 17.5. The molecule has 3 heteroatoms. The van der Waals surface area contributed by atoms with Crippen LogP contribution in [-0.4, -0.2) is 16.5 Å². The third-order valence-electron chi connectivity index (χ3n) is 5.93. The Morgan fingerprint density at radius 2 is 1.67 bits per heavy atom. The maximum absolute atomic E-state index is 5.07. The van der Waals surface area contributed by atoms with E-state index in [2.05, 4.69) is 87.2 Å². The van der Waals surface area contributed by atoms with E-state index >= 15 is 0 Å². The zero-order valence-electron chi connectivity index (χ0n) is 16.6. The van der Waals surface area contributed by atoms with E-state index in [9.17, 15) is 0 Å². The maximum atomic E-state index is 5.07. The summed E-state index contributed by atoms with van der Waals surface area (Å²) >= 11 is 0. The van der Waals surface area contributed by atoms with Crippen LogP contribution in [-0.2, 0) is 6.42 Å².